The van der Waals surface area contributed by atoms with Crippen molar-refractivity contribution in [2.45, 2.75) is 25.8 Å². The largest absolute Gasteiger partial charge is 0.329 e. The summed E-state index contributed by atoms with van der Waals surface area (Å²) in [4.78, 5) is 2.17. The molecule has 3 heteroatoms. The van der Waals surface area contributed by atoms with E-state index in [-0.39, 0.29) is 11.4 Å². The summed E-state index contributed by atoms with van der Waals surface area (Å²) in [6.45, 7) is 5.59. The van der Waals surface area contributed by atoms with Gasteiger partial charge in [0.15, 0.2) is 0 Å². The number of likely N-dealkylation sites (N-methyl/N-ethyl adjacent to an activating group) is 1. The Balaban J connectivity index is 2.56. The summed E-state index contributed by atoms with van der Waals surface area (Å²) in [5, 5.41) is 0. The summed E-state index contributed by atoms with van der Waals surface area (Å²) >= 11 is 0. The molecule has 2 nitrogen and oxygen atoms in total. The smallest absolute Gasteiger partial charge is 0.126 e. The Bertz CT molecular complexity index is 336. The molecule has 16 heavy (non-hydrogen) atoms. The van der Waals surface area contributed by atoms with E-state index >= 15 is 0 Å². The SMILES string of the molecule is CN(CCc1ccccc1F)C(C)(C)CN. The lowest BCUT2D eigenvalue weighted by Crippen LogP contribution is -2.47. The first-order chi connectivity index (χ1) is 7.47. The zero-order chi connectivity index (χ0) is 12.2. The van der Waals surface area contributed by atoms with Gasteiger partial charge in [0, 0.05) is 18.6 Å². The van der Waals surface area contributed by atoms with Crippen molar-refractivity contribution in [2.75, 3.05) is 20.1 Å². The number of hydrogen-bond acceptors (Lipinski definition) is 2. The number of halogens is 1. The molecule has 0 unspecified atom stereocenters. The highest BCUT2D eigenvalue weighted by Gasteiger charge is 2.21. The molecule has 0 amide bonds. The average molecular weight is 224 g/mol. The fourth-order valence-corrected chi connectivity index (χ4v) is 1.45. The molecule has 0 aromatic heterocycles. The molecule has 0 aliphatic rings. The maximum absolute atomic E-state index is 13.4. The van der Waals surface area contributed by atoms with Crippen LogP contribution in [0.2, 0.25) is 0 Å². The van der Waals surface area contributed by atoms with Crippen molar-refractivity contribution in [3.8, 4) is 0 Å². The lowest BCUT2D eigenvalue weighted by Gasteiger charge is -2.34. The van der Waals surface area contributed by atoms with E-state index in [0.717, 1.165) is 12.1 Å². The second kappa shape index (κ2) is 5.41. The summed E-state index contributed by atoms with van der Waals surface area (Å²) in [6.07, 6.45) is 0.715. The van der Waals surface area contributed by atoms with Crippen LogP contribution in [-0.4, -0.2) is 30.6 Å². The molecular weight excluding hydrogens is 203 g/mol. The summed E-state index contributed by atoms with van der Waals surface area (Å²) in [5.41, 5.74) is 6.42. The molecule has 2 N–H and O–H groups in total. The van der Waals surface area contributed by atoms with Gasteiger partial charge in [0.1, 0.15) is 5.82 Å². The molecule has 1 rings (SSSR count). The average Bonchev–Trinajstić information content (AvgIpc) is 2.27. The molecule has 1 aromatic carbocycles. The lowest BCUT2D eigenvalue weighted by molar-refractivity contribution is 0.165. The second-order valence-electron chi connectivity index (χ2n) is 4.78. The molecular formula is C13H21FN2. The molecule has 0 aliphatic carbocycles. The Kier molecular flexibility index (Phi) is 4.44. The van der Waals surface area contributed by atoms with Gasteiger partial charge in [0.2, 0.25) is 0 Å². The standard InChI is InChI=1S/C13H21FN2/c1-13(2,10-15)16(3)9-8-11-6-4-5-7-12(11)14/h4-7H,8-10,15H2,1-3H3. The summed E-state index contributed by atoms with van der Waals surface area (Å²) in [5.74, 6) is -0.124. The second-order valence-corrected chi connectivity index (χ2v) is 4.78. The van der Waals surface area contributed by atoms with Crippen LogP contribution in [-0.2, 0) is 6.42 Å². The van der Waals surface area contributed by atoms with E-state index < -0.39 is 0 Å². The number of hydrogen-bond donors (Lipinski definition) is 1. The van der Waals surface area contributed by atoms with E-state index in [4.69, 9.17) is 5.73 Å². The summed E-state index contributed by atoms with van der Waals surface area (Å²) in [6, 6.07) is 6.92. The Morgan fingerprint density at radius 1 is 1.31 bits per heavy atom. The predicted octanol–water partition coefficient (Wildman–Crippen LogP) is 2.04. The van der Waals surface area contributed by atoms with Crippen LogP contribution in [0.1, 0.15) is 19.4 Å². The van der Waals surface area contributed by atoms with Crippen molar-refractivity contribution >= 4 is 0 Å². The molecule has 0 fully saturated rings. The zero-order valence-corrected chi connectivity index (χ0v) is 10.3. The third-order valence-electron chi connectivity index (χ3n) is 3.21. The van der Waals surface area contributed by atoms with Crippen LogP contribution in [0.3, 0.4) is 0 Å². The van der Waals surface area contributed by atoms with Crippen molar-refractivity contribution in [1.82, 2.24) is 4.90 Å². The van der Waals surface area contributed by atoms with Crippen LogP contribution in [0.25, 0.3) is 0 Å². The highest BCUT2D eigenvalue weighted by Crippen LogP contribution is 2.13. The Hall–Kier alpha value is -0.930. The van der Waals surface area contributed by atoms with Crippen molar-refractivity contribution in [3.63, 3.8) is 0 Å². The van der Waals surface area contributed by atoms with Crippen molar-refractivity contribution in [2.24, 2.45) is 5.73 Å². The van der Waals surface area contributed by atoms with Gasteiger partial charge in [-0.05, 0) is 38.9 Å². The quantitative estimate of drug-likeness (QED) is 0.829. The van der Waals surface area contributed by atoms with Crippen molar-refractivity contribution < 1.29 is 4.39 Å². The van der Waals surface area contributed by atoms with Gasteiger partial charge in [-0.15, -0.1) is 0 Å². The Labute approximate surface area is 97.3 Å². The third-order valence-corrected chi connectivity index (χ3v) is 3.21. The topological polar surface area (TPSA) is 29.3 Å². The van der Waals surface area contributed by atoms with Crippen LogP contribution >= 0.6 is 0 Å². The monoisotopic (exact) mass is 224 g/mol. The molecule has 0 saturated heterocycles. The van der Waals surface area contributed by atoms with E-state index in [1.807, 2.05) is 19.2 Å². The van der Waals surface area contributed by atoms with E-state index in [1.165, 1.54) is 6.07 Å². The third kappa shape index (κ3) is 3.29. The molecule has 0 aliphatic heterocycles. The molecule has 0 radical (unpaired) electrons. The molecule has 0 heterocycles. The van der Waals surface area contributed by atoms with Gasteiger partial charge >= 0.3 is 0 Å². The molecule has 1 aromatic rings. The van der Waals surface area contributed by atoms with Crippen LogP contribution in [0.5, 0.6) is 0 Å². The Morgan fingerprint density at radius 3 is 2.50 bits per heavy atom. The molecule has 0 saturated carbocycles. The van der Waals surface area contributed by atoms with Crippen LogP contribution < -0.4 is 5.73 Å². The predicted molar refractivity (Wildman–Crippen MR) is 65.9 cm³/mol. The van der Waals surface area contributed by atoms with Gasteiger partial charge < -0.3 is 5.73 Å². The minimum absolute atomic E-state index is 0.0365. The Morgan fingerprint density at radius 2 is 1.94 bits per heavy atom. The molecule has 0 bridgehead atoms. The lowest BCUT2D eigenvalue weighted by atomic mass is 10.0. The molecule has 0 atom stereocenters. The fraction of sp³-hybridized carbons (Fsp3) is 0.538. The molecule has 0 spiro atoms. The first kappa shape index (κ1) is 13.1. The normalized spacial score (nSPS) is 12.1. The maximum Gasteiger partial charge on any atom is 0.126 e. The first-order valence-electron chi connectivity index (χ1n) is 5.62. The van der Waals surface area contributed by atoms with Crippen molar-refractivity contribution in [3.05, 3.63) is 35.6 Å². The number of benzene rings is 1. The zero-order valence-electron chi connectivity index (χ0n) is 10.3. The fourth-order valence-electron chi connectivity index (χ4n) is 1.45. The first-order valence-corrected chi connectivity index (χ1v) is 5.62. The van der Waals surface area contributed by atoms with Gasteiger partial charge in [-0.25, -0.2) is 4.39 Å². The number of nitrogens with two attached hydrogens (primary N) is 1. The van der Waals surface area contributed by atoms with Crippen LogP contribution in [0.4, 0.5) is 4.39 Å². The minimum atomic E-state index is -0.124. The maximum atomic E-state index is 13.4. The van der Waals surface area contributed by atoms with Gasteiger partial charge in [-0.3, -0.25) is 4.90 Å². The summed E-state index contributed by atoms with van der Waals surface area (Å²) < 4.78 is 13.4. The minimum Gasteiger partial charge on any atom is -0.329 e. The van der Waals surface area contributed by atoms with Crippen molar-refractivity contribution in [1.29, 1.82) is 0 Å². The van der Waals surface area contributed by atoms with E-state index in [2.05, 4.69) is 18.7 Å². The molecule has 90 valence electrons. The van der Waals surface area contributed by atoms with Crippen LogP contribution in [0, 0.1) is 5.82 Å². The van der Waals surface area contributed by atoms with Gasteiger partial charge in [-0.1, -0.05) is 18.2 Å². The van der Waals surface area contributed by atoms with Gasteiger partial charge in [0.05, 0.1) is 0 Å². The number of rotatable bonds is 5. The van der Waals surface area contributed by atoms with E-state index in [0.29, 0.717) is 13.0 Å². The van der Waals surface area contributed by atoms with E-state index in [9.17, 15) is 4.39 Å². The highest BCUT2D eigenvalue weighted by molar-refractivity contribution is 5.17. The van der Waals surface area contributed by atoms with E-state index in [1.54, 1.807) is 6.07 Å². The van der Waals surface area contributed by atoms with Gasteiger partial charge in [0.25, 0.3) is 0 Å². The number of nitrogens with zero attached hydrogens (tertiary/aromatic N) is 1. The summed E-state index contributed by atoms with van der Waals surface area (Å²) in [7, 11) is 2.02. The van der Waals surface area contributed by atoms with Gasteiger partial charge in [-0.2, -0.15) is 0 Å². The highest BCUT2D eigenvalue weighted by atomic mass is 19.1. The van der Waals surface area contributed by atoms with Crippen LogP contribution in [0.15, 0.2) is 24.3 Å².